The van der Waals surface area contributed by atoms with Crippen molar-refractivity contribution in [2.24, 2.45) is 5.92 Å². The highest BCUT2D eigenvalue weighted by Crippen LogP contribution is 2.29. The van der Waals surface area contributed by atoms with Crippen LogP contribution in [0.15, 0.2) is 29.2 Å². The fourth-order valence-electron chi connectivity index (χ4n) is 1.52. The summed E-state index contributed by atoms with van der Waals surface area (Å²) in [5.41, 5.74) is 0.854. The maximum Gasteiger partial charge on any atom is 0.377 e. The van der Waals surface area contributed by atoms with Crippen molar-refractivity contribution in [3.8, 4) is 0 Å². The third kappa shape index (κ3) is 3.04. The molecule has 0 saturated heterocycles. The lowest BCUT2D eigenvalue weighted by Gasteiger charge is -2.13. The Labute approximate surface area is 105 Å². The highest BCUT2D eigenvalue weighted by Gasteiger charge is 2.46. The van der Waals surface area contributed by atoms with Crippen molar-refractivity contribution in [1.29, 1.82) is 0 Å². The van der Waals surface area contributed by atoms with Crippen LogP contribution in [0, 0.1) is 5.92 Å². The van der Waals surface area contributed by atoms with Crippen LogP contribution in [0.2, 0.25) is 0 Å². The molecule has 0 spiro atoms. The third-order valence-corrected chi connectivity index (χ3v) is 4.21. The lowest BCUT2D eigenvalue weighted by Crippen LogP contribution is -2.31. The van der Waals surface area contributed by atoms with Gasteiger partial charge in [0.15, 0.2) is 6.67 Å². The molecular weight excluding hydrogens is 265 g/mol. The van der Waals surface area contributed by atoms with E-state index in [-0.39, 0.29) is 0 Å². The molecule has 0 aliphatic rings. The first-order valence-corrected chi connectivity index (χ1v) is 6.96. The smallest absolute Gasteiger partial charge is 0.243 e. The Hall–Kier alpha value is -1.04. The SMILES string of the molecule is CC(C)Cc1ccc(S(=O)(=O)C(F)(F)CF)cc1. The summed E-state index contributed by atoms with van der Waals surface area (Å²) in [6.07, 6.45) is 0.722. The van der Waals surface area contributed by atoms with Crippen molar-refractivity contribution in [3.05, 3.63) is 29.8 Å². The maximum atomic E-state index is 13.0. The molecule has 0 fully saturated rings. The van der Waals surface area contributed by atoms with Gasteiger partial charge in [-0.25, -0.2) is 12.8 Å². The standard InChI is InChI=1S/C12H15F3O2S/c1-9(2)7-10-3-5-11(6-4-10)18(16,17)12(14,15)8-13/h3-6,9H,7-8H2,1-2H3. The summed E-state index contributed by atoms with van der Waals surface area (Å²) in [5.74, 6) is 0.375. The Morgan fingerprint density at radius 2 is 1.67 bits per heavy atom. The summed E-state index contributed by atoms with van der Waals surface area (Å²) in [5, 5.41) is -4.37. The van der Waals surface area contributed by atoms with Crippen LogP contribution in [0.4, 0.5) is 13.2 Å². The first kappa shape index (κ1) is 15.0. The van der Waals surface area contributed by atoms with E-state index in [2.05, 4.69) is 0 Å². The van der Waals surface area contributed by atoms with Gasteiger partial charge in [-0.3, -0.25) is 0 Å². The highest BCUT2D eigenvalue weighted by atomic mass is 32.2. The van der Waals surface area contributed by atoms with Crippen LogP contribution in [0.3, 0.4) is 0 Å². The monoisotopic (exact) mass is 280 g/mol. The van der Waals surface area contributed by atoms with E-state index in [9.17, 15) is 21.6 Å². The Bertz CT molecular complexity index is 493. The van der Waals surface area contributed by atoms with E-state index in [1.54, 1.807) is 0 Å². The van der Waals surface area contributed by atoms with Crippen LogP contribution >= 0.6 is 0 Å². The minimum Gasteiger partial charge on any atom is -0.243 e. The summed E-state index contributed by atoms with van der Waals surface area (Å²) < 4.78 is 60.9. The zero-order chi connectivity index (χ0) is 14.0. The molecule has 0 aliphatic carbocycles. The average molecular weight is 280 g/mol. The number of hydrogen-bond acceptors (Lipinski definition) is 2. The molecule has 1 rings (SSSR count). The molecule has 1 aromatic carbocycles. The summed E-state index contributed by atoms with van der Waals surface area (Å²) in [7, 11) is -4.94. The molecule has 0 N–H and O–H groups in total. The van der Waals surface area contributed by atoms with Crippen LogP contribution in [-0.4, -0.2) is 20.3 Å². The van der Waals surface area contributed by atoms with Gasteiger partial charge in [-0.05, 0) is 30.0 Å². The topological polar surface area (TPSA) is 34.1 Å². The third-order valence-electron chi connectivity index (χ3n) is 2.43. The van der Waals surface area contributed by atoms with E-state index in [4.69, 9.17) is 0 Å². The van der Waals surface area contributed by atoms with Crippen molar-refractivity contribution in [1.82, 2.24) is 0 Å². The number of rotatable bonds is 5. The molecule has 0 unspecified atom stereocenters. The minimum absolute atomic E-state index is 0.375. The second-order valence-electron chi connectivity index (χ2n) is 4.52. The molecule has 6 heteroatoms. The van der Waals surface area contributed by atoms with Gasteiger partial charge in [-0.15, -0.1) is 0 Å². The van der Waals surface area contributed by atoms with Crippen molar-refractivity contribution in [2.75, 3.05) is 6.67 Å². The molecule has 0 aromatic heterocycles. The summed E-state index contributed by atoms with van der Waals surface area (Å²) >= 11 is 0. The average Bonchev–Trinajstić information content (AvgIpc) is 2.28. The predicted octanol–water partition coefficient (Wildman–Crippen LogP) is 3.22. The van der Waals surface area contributed by atoms with Gasteiger partial charge in [0.25, 0.3) is 0 Å². The lowest BCUT2D eigenvalue weighted by atomic mass is 10.0. The molecule has 0 bridgehead atoms. The van der Waals surface area contributed by atoms with Gasteiger partial charge in [0.1, 0.15) is 0 Å². The van der Waals surface area contributed by atoms with Crippen LogP contribution in [-0.2, 0) is 16.3 Å². The molecule has 0 aliphatic heterocycles. The maximum absolute atomic E-state index is 13.0. The van der Waals surface area contributed by atoms with Gasteiger partial charge in [-0.1, -0.05) is 26.0 Å². The summed E-state index contributed by atoms with van der Waals surface area (Å²) in [4.78, 5) is -0.558. The molecular formula is C12H15F3O2S. The fourth-order valence-corrected chi connectivity index (χ4v) is 2.50. The first-order valence-electron chi connectivity index (χ1n) is 5.48. The van der Waals surface area contributed by atoms with Crippen LogP contribution in [0.1, 0.15) is 19.4 Å². The molecule has 0 saturated carbocycles. The van der Waals surface area contributed by atoms with Gasteiger partial charge in [0, 0.05) is 0 Å². The normalized spacial score (nSPS) is 13.0. The lowest BCUT2D eigenvalue weighted by molar-refractivity contribution is 0.0620. The molecule has 18 heavy (non-hydrogen) atoms. The Balaban J connectivity index is 3.06. The molecule has 102 valence electrons. The number of alkyl halides is 3. The number of hydrogen-bond donors (Lipinski definition) is 0. The van der Waals surface area contributed by atoms with Gasteiger partial charge in [-0.2, -0.15) is 8.78 Å². The van der Waals surface area contributed by atoms with Crippen molar-refractivity contribution in [3.63, 3.8) is 0 Å². The van der Waals surface area contributed by atoms with Crippen LogP contribution in [0.25, 0.3) is 0 Å². The largest absolute Gasteiger partial charge is 0.377 e. The second-order valence-corrected chi connectivity index (χ2v) is 6.59. The second kappa shape index (κ2) is 5.30. The first-order chi connectivity index (χ1) is 8.20. The highest BCUT2D eigenvalue weighted by molar-refractivity contribution is 7.92. The molecule has 0 amide bonds. The van der Waals surface area contributed by atoms with E-state index in [1.165, 1.54) is 12.1 Å². The number of halogens is 3. The van der Waals surface area contributed by atoms with Gasteiger partial charge >= 0.3 is 5.25 Å². The zero-order valence-electron chi connectivity index (χ0n) is 10.2. The summed E-state index contributed by atoms with van der Waals surface area (Å²) in [6, 6.07) is 5.13. The Morgan fingerprint density at radius 1 is 1.17 bits per heavy atom. The van der Waals surface area contributed by atoms with E-state index in [1.807, 2.05) is 13.8 Å². The van der Waals surface area contributed by atoms with E-state index in [0.29, 0.717) is 5.92 Å². The van der Waals surface area contributed by atoms with Crippen molar-refractivity contribution >= 4 is 9.84 Å². The quantitative estimate of drug-likeness (QED) is 0.830. The van der Waals surface area contributed by atoms with Gasteiger partial charge in [0.05, 0.1) is 4.90 Å². The van der Waals surface area contributed by atoms with E-state index < -0.39 is 26.7 Å². The molecule has 1 aromatic rings. The molecule has 0 heterocycles. The van der Waals surface area contributed by atoms with Crippen molar-refractivity contribution < 1.29 is 21.6 Å². The Kier molecular flexibility index (Phi) is 4.42. The molecule has 2 nitrogen and oxygen atoms in total. The van der Waals surface area contributed by atoms with Crippen LogP contribution < -0.4 is 0 Å². The zero-order valence-corrected chi connectivity index (χ0v) is 11.0. The molecule has 0 radical (unpaired) electrons. The number of benzene rings is 1. The summed E-state index contributed by atoms with van der Waals surface area (Å²) in [6.45, 7) is 1.76. The van der Waals surface area contributed by atoms with Crippen LogP contribution in [0.5, 0.6) is 0 Å². The Morgan fingerprint density at radius 3 is 2.06 bits per heavy atom. The van der Waals surface area contributed by atoms with Gasteiger partial charge < -0.3 is 0 Å². The predicted molar refractivity (Wildman–Crippen MR) is 63.1 cm³/mol. The van der Waals surface area contributed by atoms with Crippen molar-refractivity contribution in [2.45, 2.75) is 30.4 Å². The van der Waals surface area contributed by atoms with E-state index >= 15 is 0 Å². The fraction of sp³-hybridized carbons (Fsp3) is 0.500. The molecule has 0 atom stereocenters. The van der Waals surface area contributed by atoms with Gasteiger partial charge in [0.2, 0.25) is 9.84 Å². The van der Waals surface area contributed by atoms with E-state index in [0.717, 1.165) is 24.1 Å². The number of sulfone groups is 1. The minimum atomic E-state index is -4.94.